The molecule has 3 aromatic heterocycles. The summed E-state index contributed by atoms with van der Waals surface area (Å²) in [5.41, 5.74) is 3.80. The molecule has 5 heteroatoms. The van der Waals surface area contributed by atoms with Gasteiger partial charge in [-0.25, -0.2) is 9.78 Å². The molecule has 2 N–H and O–H groups in total. The molecule has 0 unspecified atom stereocenters. The number of hydrogen-bond donors (Lipinski definition) is 2. The number of nitrogens with zero attached hydrogens (tertiary/aromatic N) is 2. The molecule has 4 rings (SSSR count). The molecule has 1 aromatic carbocycles. The van der Waals surface area contributed by atoms with E-state index in [0.29, 0.717) is 0 Å². The summed E-state index contributed by atoms with van der Waals surface area (Å²) in [7, 11) is 0. The molecule has 0 saturated heterocycles. The van der Waals surface area contributed by atoms with E-state index in [1.165, 1.54) is 0 Å². The Labute approximate surface area is 113 Å². The van der Waals surface area contributed by atoms with Gasteiger partial charge in [-0.3, -0.25) is 4.98 Å². The second kappa shape index (κ2) is 4.03. The van der Waals surface area contributed by atoms with Crippen molar-refractivity contribution in [2.75, 3.05) is 0 Å². The Balaban J connectivity index is 2.21. The lowest BCUT2D eigenvalue weighted by Crippen LogP contribution is -1.99. The van der Waals surface area contributed by atoms with Gasteiger partial charge >= 0.3 is 5.69 Å². The fourth-order valence-corrected chi connectivity index (χ4v) is 2.44. The number of fused-ring (bicyclic) bond motifs is 3. The minimum Gasteiger partial charge on any atom is -0.305 e. The molecule has 5 nitrogen and oxygen atoms in total. The van der Waals surface area contributed by atoms with Gasteiger partial charge < -0.3 is 9.97 Å². The SMILES string of the molecule is O=c1[nH]c2c(-c3ccncc3)nc3ccccc3c2[nH]1. The number of imidazole rings is 1. The van der Waals surface area contributed by atoms with Gasteiger partial charge in [0.2, 0.25) is 0 Å². The van der Waals surface area contributed by atoms with E-state index in [4.69, 9.17) is 0 Å². The molecule has 96 valence electrons. The van der Waals surface area contributed by atoms with Crippen molar-refractivity contribution in [2.45, 2.75) is 0 Å². The van der Waals surface area contributed by atoms with Crippen molar-refractivity contribution < 1.29 is 0 Å². The van der Waals surface area contributed by atoms with E-state index >= 15 is 0 Å². The van der Waals surface area contributed by atoms with Crippen LogP contribution in [0, 0.1) is 0 Å². The summed E-state index contributed by atoms with van der Waals surface area (Å²) < 4.78 is 0. The molecular weight excluding hydrogens is 252 g/mol. The summed E-state index contributed by atoms with van der Waals surface area (Å²) in [5.74, 6) is 0. The quantitative estimate of drug-likeness (QED) is 0.553. The second-order valence-corrected chi connectivity index (χ2v) is 4.54. The van der Waals surface area contributed by atoms with E-state index in [-0.39, 0.29) is 5.69 Å². The summed E-state index contributed by atoms with van der Waals surface area (Å²) in [5, 5.41) is 0.929. The zero-order chi connectivity index (χ0) is 13.5. The molecule has 0 bridgehead atoms. The lowest BCUT2D eigenvalue weighted by Gasteiger charge is -2.05. The number of nitrogens with one attached hydrogen (secondary N) is 2. The first-order valence-electron chi connectivity index (χ1n) is 6.24. The first kappa shape index (κ1) is 10.9. The Morgan fingerprint density at radius 2 is 1.65 bits per heavy atom. The van der Waals surface area contributed by atoms with Crippen LogP contribution < -0.4 is 5.69 Å². The maximum Gasteiger partial charge on any atom is 0.323 e. The second-order valence-electron chi connectivity index (χ2n) is 4.54. The van der Waals surface area contributed by atoms with Crippen LogP contribution in [0.2, 0.25) is 0 Å². The predicted octanol–water partition coefficient (Wildman–Crippen LogP) is 2.47. The molecule has 0 amide bonds. The van der Waals surface area contributed by atoms with E-state index in [1.54, 1.807) is 12.4 Å². The average Bonchev–Trinajstić information content (AvgIpc) is 2.89. The maximum atomic E-state index is 11.7. The summed E-state index contributed by atoms with van der Waals surface area (Å²) in [6.07, 6.45) is 3.42. The monoisotopic (exact) mass is 262 g/mol. The van der Waals surface area contributed by atoms with Crippen LogP contribution in [0.25, 0.3) is 33.2 Å². The van der Waals surface area contributed by atoms with Crippen LogP contribution in [0.4, 0.5) is 0 Å². The number of para-hydroxylation sites is 1. The van der Waals surface area contributed by atoms with Crippen molar-refractivity contribution in [1.82, 2.24) is 19.9 Å². The van der Waals surface area contributed by atoms with E-state index in [1.807, 2.05) is 36.4 Å². The molecule has 20 heavy (non-hydrogen) atoms. The number of aromatic nitrogens is 4. The fraction of sp³-hybridized carbons (Fsp3) is 0. The fourth-order valence-electron chi connectivity index (χ4n) is 2.44. The molecule has 0 saturated carbocycles. The smallest absolute Gasteiger partial charge is 0.305 e. The van der Waals surface area contributed by atoms with Gasteiger partial charge in [-0.1, -0.05) is 18.2 Å². The van der Waals surface area contributed by atoms with Crippen LogP contribution in [0.5, 0.6) is 0 Å². The number of pyridine rings is 2. The van der Waals surface area contributed by atoms with Gasteiger partial charge in [0.1, 0.15) is 0 Å². The van der Waals surface area contributed by atoms with Crippen LogP contribution in [0.15, 0.2) is 53.6 Å². The molecule has 4 aromatic rings. The number of H-pyrrole nitrogens is 2. The number of aromatic amines is 2. The number of hydrogen-bond acceptors (Lipinski definition) is 3. The Morgan fingerprint density at radius 1 is 0.900 bits per heavy atom. The molecule has 0 fully saturated rings. The maximum absolute atomic E-state index is 11.7. The third-order valence-electron chi connectivity index (χ3n) is 3.32. The van der Waals surface area contributed by atoms with E-state index in [9.17, 15) is 4.79 Å². The summed E-state index contributed by atoms with van der Waals surface area (Å²) in [6.45, 7) is 0. The van der Waals surface area contributed by atoms with Crippen LogP contribution in [-0.2, 0) is 0 Å². The Morgan fingerprint density at radius 3 is 2.50 bits per heavy atom. The average molecular weight is 262 g/mol. The van der Waals surface area contributed by atoms with Crippen molar-refractivity contribution in [2.24, 2.45) is 0 Å². The highest BCUT2D eigenvalue weighted by Gasteiger charge is 2.12. The summed E-state index contributed by atoms with van der Waals surface area (Å²) >= 11 is 0. The molecule has 3 heterocycles. The molecule has 0 aliphatic rings. The molecule has 0 radical (unpaired) electrons. The van der Waals surface area contributed by atoms with Crippen LogP contribution in [0.3, 0.4) is 0 Å². The van der Waals surface area contributed by atoms with Gasteiger partial charge in [-0.05, 0) is 18.2 Å². The third-order valence-corrected chi connectivity index (χ3v) is 3.32. The minimum atomic E-state index is -0.228. The van der Waals surface area contributed by atoms with Gasteiger partial charge in [0.25, 0.3) is 0 Å². The molecule has 0 spiro atoms. The van der Waals surface area contributed by atoms with Crippen LogP contribution in [0.1, 0.15) is 0 Å². The Kier molecular flexibility index (Phi) is 2.20. The zero-order valence-electron chi connectivity index (χ0n) is 10.4. The third kappa shape index (κ3) is 1.53. The predicted molar refractivity (Wildman–Crippen MR) is 77.5 cm³/mol. The lowest BCUT2D eigenvalue weighted by atomic mass is 10.1. The van der Waals surface area contributed by atoms with Crippen molar-refractivity contribution in [3.8, 4) is 11.3 Å². The Hall–Kier alpha value is -2.95. The number of rotatable bonds is 1. The van der Waals surface area contributed by atoms with Gasteiger partial charge in [0.15, 0.2) is 0 Å². The van der Waals surface area contributed by atoms with Crippen molar-refractivity contribution >= 4 is 21.9 Å². The molecular formula is C15H10N4O. The summed E-state index contributed by atoms with van der Waals surface area (Å²) in [6, 6.07) is 11.5. The van der Waals surface area contributed by atoms with E-state index in [2.05, 4.69) is 19.9 Å². The summed E-state index contributed by atoms with van der Waals surface area (Å²) in [4.78, 5) is 26.0. The highest BCUT2D eigenvalue weighted by molar-refractivity contribution is 6.07. The van der Waals surface area contributed by atoms with Crippen molar-refractivity contribution in [3.63, 3.8) is 0 Å². The van der Waals surface area contributed by atoms with Gasteiger partial charge in [-0.2, -0.15) is 0 Å². The molecule has 0 aliphatic carbocycles. The Bertz CT molecular complexity index is 969. The van der Waals surface area contributed by atoms with Crippen molar-refractivity contribution in [3.05, 3.63) is 59.3 Å². The first-order chi connectivity index (χ1) is 9.83. The largest absolute Gasteiger partial charge is 0.323 e. The highest BCUT2D eigenvalue weighted by Crippen LogP contribution is 2.28. The van der Waals surface area contributed by atoms with Gasteiger partial charge in [0.05, 0.1) is 22.2 Å². The minimum absolute atomic E-state index is 0.228. The van der Waals surface area contributed by atoms with Crippen molar-refractivity contribution in [1.29, 1.82) is 0 Å². The molecule has 0 aliphatic heterocycles. The topological polar surface area (TPSA) is 74.4 Å². The highest BCUT2D eigenvalue weighted by atomic mass is 16.1. The lowest BCUT2D eigenvalue weighted by molar-refractivity contribution is 1.21. The normalized spacial score (nSPS) is 11.2. The number of benzene rings is 1. The zero-order valence-corrected chi connectivity index (χ0v) is 10.4. The standard InChI is InChI=1S/C15H10N4O/c20-15-18-13-10-3-1-2-4-11(10)17-12(14(13)19-15)9-5-7-16-8-6-9/h1-8H,(H2,18,19,20). The van der Waals surface area contributed by atoms with E-state index in [0.717, 1.165) is 33.2 Å². The molecule has 0 atom stereocenters. The van der Waals surface area contributed by atoms with E-state index < -0.39 is 0 Å². The van der Waals surface area contributed by atoms with Crippen LogP contribution in [-0.4, -0.2) is 19.9 Å². The van der Waals surface area contributed by atoms with Crippen LogP contribution >= 0.6 is 0 Å². The first-order valence-corrected chi connectivity index (χ1v) is 6.24. The van der Waals surface area contributed by atoms with Gasteiger partial charge in [0, 0.05) is 23.3 Å². The van der Waals surface area contributed by atoms with Gasteiger partial charge in [-0.15, -0.1) is 0 Å².